The van der Waals surface area contributed by atoms with E-state index in [-0.39, 0.29) is 4.83 Å². The number of thiophene rings is 1. The molecule has 1 atom stereocenters. The van der Waals surface area contributed by atoms with Gasteiger partial charge in [0, 0.05) is 0 Å². The van der Waals surface area contributed by atoms with Crippen LogP contribution < -0.4 is 9.47 Å². The molecule has 0 amide bonds. The van der Waals surface area contributed by atoms with Gasteiger partial charge in [0.1, 0.15) is 11.5 Å². The predicted molar refractivity (Wildman–Crippen MR) is 87.0 cm³/mol. The van der Waals surface area contributed by atoms with Gasteiger partial charge in [0.2, 0.25) is 0 Å². The van der Waals surface area contributed by atoms with E-state index in [0.717, 1.165) is 21.5 Å². The van der Waals surface area contributed by atoms with Crippen LogP contribution in [0.1, 0.15) is 22.2 Å². The summed E-state index contributed by atoms with van der Waals surface area (Å²) in [4.78, 5) is 1.29. The molecule has 5 heteroatoms. The van der Waals surface area contributed by atoms with Crippen molar-refractivity contribution in [3.8, 4) is 11.5 Å². The lowest BCUT2D eigenvalue weighted by molar-refractivity contribution is 0.338. The van der Waals surface area contributed by atoms with Crippen LogP contribution in [0.15, 0.2) is 34.1 Å². The van der Waals surface area contributed by atoms with Crippen molar-refractivity contribution in [1.82, 2.24) is 0 Å². The average molecular weight is 406 g/mol. The van der Waals surface area contributed by atoms with E-state index in [1.54, 1.807) is 18.4 Å². The second-order valence-corrected chi connectivity index (χ2v) is 6.56. The number of benzene rings is 1. The molecule has 0 spiro atoms. The summed E-state index contributed by atoms with van der Waals surface area (Å²) in [7, 11) is 1.69. The van der Waals surface area contributed by atoms with Crippen molar-refractivity contribution >= 4 is 43.2 Å². The normalized spacial score (nSPS) is 12.2. The van der Waals surface area contributed by atoms with Crippen LogP contribution in [0.4, 0.5) is 0 Å². The molecule has 0 aliphatic rings. The van der Waals surface area contributed by atoms with Crippen LogP contribution in [0, 0.1) is 0 Å². The Morgan fingerprint density at radius 3 is 2.68 bits per heavy atom. The quantitative estimate of drug-likeness (QED) is 0.619. The molecule has 1 aromatic heterocycles. The van der Waals surface area contributed by atoms with Crippen LogP contribution in [0.25, 0.3) is 0 Å². The Hall–Kier alpha value is -0.520. The minimum absolute atomic E-state index is 0.120. The highest BCUT2D eigenvalue weighted by Crippen LogP contribution is 2.41. The Bertz CT molecular complexity index is 554. The fourth-order valence-electron chi connectivity index (χ4n) is 1.76. The van der Waals surface area contributed by atoms with Crippen molar-refractivity contribution in [1.29, 1.82) is 0 Å². The summed E-state index contributed by atoms with van der Waals surface area (Å²) in [5.74, 6) is 1.78. The molecule has 0 aliphatic carbocycles. The molecular formula is C14H14Br2O2S. The molecule has 2 aromatic rings. The van der Waals surface area contributed by atoms with Crippen LogP contribution in [-0.4, -0.2) is 13.7 Å². The molecule has 0 saturated heterocycles. The number of methoxy groups -OCH3 is 1. The first-order valence-corrected chi connectivity index (χ1v) is 8.44. The number of hydrogen-bond donors (Lipinski definition) is 0. The summed E-state index contributed by atoms with van der Waals surface area (Å²) in [6, 6.07) is 8.10. The summed E-state index contributed by atoms with van der Waals surface area (Å²) in [6.07, 6.45) is 0. The van der Waals surface area contributed by atoms with Gasteiger partial charge in [0.05, 0.1) is 27.9 Å². The van der Waals surface area contributed by atoms with E-state index in [2.05, 4.69) is 44.0 Å². The fraction of sp³-hybridized carbons (Fsp3) is 0.286. The first-order valence-electron chi connectivity index (χ1n) is 5.85. The fourth-order valence-corrected chi connectivity index (χ4v) is 3.97. The highest BCUT2D eigenvalue weighted by molar-refractivity contribution is 9.10. The van der Waals surface area contributed by atoms with Gasteiger partial charge in [-0.05, 0) is 52.0 Å². The smallest absolute Gasteiger partial charge is 0.134 e. The molecule has 0 bridgehead atoms. The van der Waals surface area contributed by atoms with Gasteiger partial charge in [-0.15, -0.1) is 11.3 Å². The summed E-state index contributed by atoms with van der Waals surface area (Å²) < 4.78 is 11.9. The molecule has 0 N–H and O–H groups in total. The van der Waals surface area contributed by atoms with E-state index in [4.69, 9.17) is 9.47 Å². The second kappa shape index (κ2) is 6.77. The summed E-state index contributed by atoms with van der Waals surface area (Å²) in [6.45, 7) is 2.64. The average Bonchev–Trinajstić information content (AvgIpc) is 2.88. The van der Waals surface area contributed by atoms with Gasteiger partial charge in [0.25, 0.3) is 0 Å². The zero-order chi connectivity index (χ0) is 13.8. The molecule has 1 unspecified atom stereocenters. The molecule has 1 aromatic carbocycles. The number of rotatable bonds is 5. The first kappa shape index (κ1) is 14.9. The van der Waals surface area contributed by atoms with Crippen molar-refractivity contribution in [3.63, 3.8) is 0 Å². The lowest BCUT2D eigenvalue weighted by Crippen LogP contribution is -1.96. The zero-order valence-electron chi connectivity index (χ0n) is 10.7. The van der Waals surface area contributed by atoms with Gasteiger partial charge < -0.3 is 9.47 Å². The summed E-state index contributed by atoms with van der Waals surface area (Å²) in [5.41, 5.74) is 1.16. The Morgan fingerprint density at radius 2 is 2.05 bits per heavy atom. The maximum Gasteiger partial charge on any atom is 0.134 e. The van der Waals surface area contributed by atoms with E-state index in [9.17, 15) is 0 Å². The van der Waals surface area contributed by atoms with Crippen molar-refractivity contribution < 1.29 is 9.47 Å². The third-order valence-corrected chi connectivity index (χ3v) is 5.53. The lowest BCUT2D eigenvalue weighted by atomic mass is 10.1. The number of hydrogen-bond acceptors (Lipinski definition) is 3. The van der Waals surface area contributed by atoms with Crippen LogP contribution in [0.5, 0.6) is 11.5 Å². The van der Waals surface area contributed by atoms with E-state index < -0.39 is 0 Å². The van der Waals surface area contributed by atoms with Crippen LogP contribution in [0.3, 0.4) is 0 Å². The standard InChI is InChI=1S/C14H14Br2O2S/c1-3-18-11-5-4-9(8-10(11)15)13(16)14-12(17-2)6-7-19-14/h4-8,13H,3H2,1-2H3. The Labute approximate surface area is 134 Å². The monoisotopic (exact) mass is 404 g/mol. The third-order valence-electron chi connectivity index (χ3n) is 2.66. The molecule has 102 valence electrons. The minimum atomic E-state index is 0.120. The highest BCUT2D eigenvalue weighted by atomic mass is 79.9. The highest BCUT2D eigenvalue weighted by Gasteiger charge is 2.17. The Balaban J connectivity index is 2.29. The third kappa shape index (κ3) is 3.33. The molecule has 2 nitrogen and oxygen atoms in total. The molecule has 19 heavy (non-hydrogen) atoms. The van der Waals surface area contributed by atoms with E-state index in [1.807, 2.05) is 24.4 Å². The van der Waals surface area contributed by atoms with Crippen LogP contribution in [-0.2, 0) is 0 Å². The van der Waals surface area contributed by atoms with Gasteiger partial charge >= 0.3 is 0 Å². The number of alkyl halides is 1. The van der Waals surface area contributed by atoms with Gasteiger partial charge in [-0.2, -0.15) is 0 Å². The van der Waals surface area contributed by atoms with E-state index >= 15 is 0 Å². The van der Waals surface area contributed by atoms with Crippen molar-refractivity contribution in [2.45, 2.75) is 11.8 Å². The maximum absolute atomic E-state index is 5.52. The number of halogens is 2. The predicted octanol–water partition coefficient (Wildman–Crippen LogP) is 5.40. The largest absolute Gasteiger partial charge is 0.496 e. The zero-order valence-corrected chi connectivity index (χ0v) is 14.6. The van der Waals surface area contributed by atoms with Crippen molar-refractivity contribution in [2.75, 3.05) is 13.7 Å². The molecule has 0 aliphatic heterocycles. The molecule has 0 radical (unpaired) electrons. The molecule has 0 saturated carbocycles. The Kier molecular flexibility index (Phi) is 5.30. The number of ether oxygens (including phenoxy) is 2. The van der Waals surface area contributed by atoms with Crippen LogP contribution in [0.2, 0.25) is 0 Å². The Morgan fingerprint density at radius 1 is 1.26 bits per heavy atom. The first-order chi connectivity index (χ1) is 9.17. The van der Waals surface area contributed by atoms with Gasteiger partial charge in [-0.1, -0.05) is 22.0 Å². The van der Waals surface area contributed by atoms with Gasteiger partial charge in [0.15, 0.2) is 0 Å². The topological polar surface area (TPSA) is 18.5 Å². The molecule has 0 fully saturated rings. The minimum Gasteiger partial charge on any atom is -0.496 e. The van der Waals surface area contributed by atoms with E-state index in [0.29, 0.717) is 6.61 Å². The summed E-state index contributed by atoms with van der Waals surface area (Å²) >= 11 is 8.95. The second-order valence-electron chi connectivity index (χ2n) is 3.84. The van der Waals surface area contributed by atoms with Gasteiger partial charge in [-0.3, -0.25) is 0 Å². The van der Waals surface area contributed by atoms with Crippen molar-refractivity contribution in [2.24, 2.45) is 0 Å². The lowest BCUT2D eigenvalue weighted by Gasteiger charge is -2.13. The molecular weight excluding hydrogens is 392 g/mol. The maximum atomic E-state index is 5.52. The van der Waals surface area contributed by atoms with Crippen molar-refractivity contribution in [3.05, 3.63) is 44.6 Å². The molecule has 1 heterocycles. The SMILES string of the molecule is CCOc1ccc(C(Br)c2sccc2OC)cc1Br. The van der Waals surface area contributed by atoms with Crippen LogP contribution >= 0.6 is 43.2 Å². The summed E-state index contributed by atoms with van der Waals surface area (Å²) in [5, 5.41) is 2.03. The molecule has 2 rings (SSSR count). The van der Waals surface area contributed by atoms with Gasteiger partial charge in [-0.25, -0.2) is 0 Å². The van der Waals surface area contributed by atoms with E-state index in [1.165, 1.54) is 4.88 Å².